The molecule has 5 heteroatoms. The summed E-state index contributed by atoms with van der Waals surface area (Å²) in [6, 6.07) is 7.81. The van der Waals surface area contributed by atoms with Crippen LogP contribution in [-0.2, 0) is 20.7 Å². The van der Waals surface area contributed by atoms with Gasteiger partial charge in [-0.25, -0.2) is 0 Å². The molecule has 1 aliphatic heterocycles. The second kappa shape index (κ2) is 7.40. The highest BCUT2D eigenvalue weighted by Gasteiger charge is 2.36. The van der Waals surface area contributed by atoms with Crippen LogP contribution in [0.3, 0.4) is 0 Å². The van der Waals surface area contributed by atoms with Gasteiger partial charge in [-0.1, -0.05) is 19.1 Å². The summed E-state index contributed by atoms with van der Waals surface area (Å²) in [5, 5.41) is 2.90. The van der Waals surface area contributed by atoms with Gasteiger partial charge in [0.05, 0.1) is 18.6 Å². The Morgan fingerprint density at radius 3 is 2.68 bits per heavy atom. The molecule has 120 valence electrons. The van der Waals surface area contributed by atoms with Crippen LogP contribution in [0.15, 0.2) is 24.3 Å². The minimum atomic E-state index is -0.294. The maximum atomic E-state index is 12.3. The fraction of sp³-hybridized carbons (Fsp3) is 0.529. The van der Waals surface area contributed by atoms with Crippen molar-refractivity contribution in [2.24, 2.45) is 5.92 Å². The Morgan fingerprint density at radius 1 is 1.41 bits per heavy atom. The Kier molecular flexibility index (Phi) is 5.55. The number of benzene rings is 1. The second-order valence-electron chi connectivity index (χ2n) is 5.79. The van der Waals surface area contributed by atoms with Crippen LogP contribution < -0.4 is 5.32 Å². The van der Waals surface area contributed by atoms with Gasteiger partial charge in [0.15, 0.2) is 0 Å². The van der Waals surface area contributed by atoms with E-state index in [4.69, 9.17) is 4.74 Å². The Bertz CT molecular complexity index is 527. The van der Waals surface area contributed by atoms with Crippen LogP contribution in [0.5, 0.6) is 0 Å². The van der Waals surface area contributed by atoms with E-state index in [1.54, 1.807) is 12.0 Å². The summed E-state index contributed by atoms with van der Waals surface area (Å²) in [7, 11) is 1.61. The maximum Gasteiger partial charge on any atom is 0.229 e. The smallest absolute Gasteiger partial charge is 0.229 e. The lowest BCUT2D eigenvalue weighted by molar-refractivity contribution is -0.130. The molecular weight excluding hydrogens is 280 g/mol. The molecule has 22 heavy (non-hydrogen) atoms. The number of amides is 2. The van der Waals surface area contributed by atoms with Crippen molar-refractivity contribution in [1.82, 2.24) is 4.90 Å². The summed E-state index contributed by atoms with van der Waals surface area (Å²) >= 11 is 0. The highest BCUT2D eigenvalue weighted by molar-refractivity contribution is 5.97. The van der Waals surface area contributed by atoms with Crippen LogP contribution in [0.25, 0.3) is 0 Å². The summed E-state index contributed by atoms with van der Waals surface area (Å²) < 4.78 is 5.08. The molecular formula is C17H24N2O3. The number of likely N-dealkylation sites (tertiary alicyclic amines) is 1. The third-order valence-electron chi connectivity index (χ3n) is 4.10. The number of hydrogen-bond donors (Lipinski definition) is 1. The van der Waals surface area contributed by atoms with Gasteiger partial charge in [-0.05, 0) is 31.0 Å². The lowest BCUT2D eigenvalue weighted by Crippen LogP contribution is -2.38. The number of hydrogen-bond acceptors (Lipinski definition) is 3. The van der Waals surface area contributed by atoms with Gasteiger partial charge < -0.3 is 15.0 Å². The average Bonchev–Trinajstić information content (AvgIpc) is 2.90. The highest BCUT2D eigenvalue weighted by Crippen LogP contribution is 2.22. The number of carbonyl (C=O) groups is 2. The van der Waals surface area contributed by atoms with Crippen LogP contribution >= 0.6 is 0 Å². The molecule has 0 radical (unpaired) electrons. The Morgan fingerprint density at radius 2 is 2.09 bits per heavy atom. The molecule has 1 saturated heterocycles. The van der Waals surface area contributed by atoms with Crippen molar-refractivity contribution in [2.75, 3.05) is 25.6 Å². The zero-order valence-corrected chi connectivity index (χ0v) is 13.5. The number of rotatable bonds is 6. The molecule has 2 atom stereocenters. The molecule has 0 bridgehead atoms. The largest absolute Gasteiger partial charge is 0.383 e. The van der Waals surface area contributed by atoms with Gasteiger partial charge in [-0.15, -0.1) is 0 Å². The number of anilines is 1. The molecule has 1 fully saturated rings. The van der Waals surface area contributed by atoms with E-state index in [0.29, 0.717) is 13.2 Å². The van der Waals surface area contributed by atoms with E-state index in [-0.39, 0.29) is 30.2 Å². The lowest BCUT2D eigenvalue weighted by Gasteiger charge is -2.23. The predicted molar refractivity (Wildman–Crippen MR) is 85.6 cm³/mol. The Balaban J connectivity index is 1.94. The number of nitrogens with zero attached hydrogens (tertiary/aromatic N) is 1. The quantitative estimate of drug-likeness (QED) is 0.875. The molecule has 0 saturated carbocycles. The SMILES string of the molecule is CCc1ccc(NC(=O)C2CC(=O)N(C(C)COC)C2)cc1. The third kappa shape index (κ3) is 3.85. The van der Waals surface area contributed by atoms with Crippen molar-refractivity contribution in [1.29, 1.82) is 0 Å². The van der Waals surface area contributed by atoms with Crippen LogP contribution in [0.2, 0.25) is 0 Å². The fourth-order valence-corrected chi connectivity index (χ4v) is 2.73. The molecule has 1 aliphatic rings. The van der Waals surface area contributed by atoms with Crippen molar-refractivity contribution in [3.8, 4) is 0 Å². The van der Waals surface area contributed by atoms with E-state index in [9.17, 15) is 9.59 Å². The maximum absolute atomic E-state index is 12.3. The first-order valence-corrected chi connectivity index (χ1v) is 7.73. The average molecular weight is 304 g/mol. The zero-order chi connectivity index (χ0) is 16.1. The first-order chi connectivity index (χ1) is 10.5. The van der Waals surface area contributed by atoms with Gasteiger partial charge in [0.2, 0.25) is 11.8 Å². The van der Waals surface area contributed by atoms with Crippen molar-refractivity contribution >= 4 is 17.5 Å². The number of nitrogens with one attached hydrogen (secondary N) is 1. The minimum Gasteiger partial charge on any atom is -0.383 e. The van der Waals surface area contributed by atoms with E-state index < -0.39 is 0 Å². The number of aryl methyl sites for hydroxylation is 1. The minimum absolute atomic E-state index is 0.000798. The molecule has 1 aromatic carbocycles. The van der Waals surface area contributed by atoms with Gasteiger partial charge >= 0.3 is 0 Å². The standard InChI is InChI=1S/C17H24N2O3/c1-4-13-5-7-15(8-6-13)18-17(21)14-9-16(20)19(10-14)12(2)11-22-3/h5-8,12,14H,4,9-11H2,1-3H3,(H,18,21). The van der Waals surface area contributed by atoms with E-state index in [2.05, 4.69) is 12.2 Å². The van der Waals surface area contributed by atoms with E-state index in [1.165, 1.54) is 5.56 Å². The molecule has 1 N–H and O–H groups in total. The zero-order valence-electron chi connectivity index (χ0n) is 13.5. The molecule has 2 amide bonds. The van der Waals surface area contributed by atoms with Gasteiger partial charge in [-0.3, -0.25) is 9.59 Å². The van der Waals surface area contributed by atoms with Crippen LogP contribution in [0.1, 0.15) is 25.8 Å². The van der Waals surface area contributed by atoms with Gasteiger partial charge in [-0.2, -0.15) is 0 Å². The van der Waals surface area contributed by atoms with Crippen LogP contribution in [0, 0.1) is 5.92 Å². The molecule has 5 nitrogen and oxygen atoms in total. The van der Waals surface area contributed by atoms with Gasteiger partial charge in [0.25, 0.3) is 0 Å². The van der Waals surface area contributed by atoms with Crippen molar-refractivity contribution in [3.63, 3.8) is 0 Å². The fourth-order valence-electron chi connectivity index (χ4n) is 2.73. The predicted octanol–water partition coefficient (Wildman–Crippen LogP) is 2.07. The molecule has 0 spiro atoms. The monoisotopic (exact) mass is 304 g/mol. The van der Waals surface area contributed by atoms with E-state index >= 15 is 0 Å². The summed E-state index contributed by atoms with van der Waals surface area (Å²) in [5.74, 6) is -0.367. The van der Waals surface area contributed by atoms with Gasteiger partial charge in [0, 0.05) is 25.8 Å². The van der Waals surface area contributed by atoms with Crippen molar-refractivity contribution in [3.05, 3.63) is 29.8 Å². The Labute approximate surface area is 131 Å². The van der Waals surface area contributed by atoms with E-state index in [0.717, 1.165) is 12.1 Å². The molecule has 0 aliphatic carbocycles. The molecule has 2 rings (SSSR count). The number of ether oxygens (including phenoxy) is 1. The second-order valence-corrected chi connectivity index (χ2v) is 5.79. The molecule has 1 aromatic rings. The van der Waals surface area contributed by atoms with E-state index in [1.807, 2.05) is 31.2 Å². The topological polar surface area (TPSA) is 58.6 Å². The van der Waals surface area contributed by atoms with Crippen LogP contribution in [0.4, 0.5) is 5.69 Å². The first kappa shape index (κ1) is 16.5. The molecule has 1 heterocycles. The first-order valence-electron chi connectivity index (χ1n) is 7.73. The number of methoxy groups -OCH3 is 1. The van der Waals surface area contributed by atoms with Crippen molar-refractivity contribution in [2.45, 2.75) is 32.7 Å². The highest BCUT2D eigenvalue weighted by atomic mass is 16.5. The third-order valence-corrected chi connectivity index (χ3v) is 4.10. The molecule has 2 unspecified atom stereocenters. The Hall–Kier alpha value is -1.88. The van der Waals surface area contributed by atoms with Crippen molar-refractivity contribution < 1.29 is 14.3 Å². The van der Waals surface area contributed by atoms with Gasteiger partial charge in [0.1, 0.15) is 0 Å². The number of carbonyl (C=O) groups excluding carboxylic acids is 2. The normalized spacial score (nSPS) is 19.3. The summed E-state index contributed by atoms with van der Waals surface area (Å²) in [6.45, 7) is 4.97. The lowest BCUT2D eigenvalue weighted by atomic mass is 10.1. The van der Waals surface area contributed by atoms with Crippen LogP contribution in [-0.4, -0.2) is 43.0 Å². The molecule has 0 aromatic heterocycles. The summed E-state index contributed by atoms with van der Waals surface area (Å²) in [5.41, 5.74) is 2.01. The summed E-state index contributed by atoms with van der Waals surface area (Å²) in [4.78, 5) is 26.1. The summed E-state index contributed by atoms with van der Waals surface area (Å²) in [6.07, 6.45) is 1.24.